The minimum atomic E-state index is -0.0659. The van der Waals surface area contributed by atoms with E-state index in [1.54, 1.807) is 0 Å². The molecule has 128 valence electrons. The summed E-state index contributed by atoms with van der Waals surface area (Å²) in [5.41, 5.74) is 1.09. The minimum absolute atomic E-state index is 0.0222. The van der Waals surface area contributed by atoms with E-state index >= 15 is 0 Å². The van der Waals surface area contributed by atoms with E-state index in [-0.39, 0.29) is 17.4 Å². The van der Waals surface area contributed by atoms with E-state index in [0.717, 1.165) is 29.5 Å². The van der Waals surface area contributed by atoms with Gasteiger partial charge in [0, 0.05) is 36.5 Å². The summed E-state index contributed by atoms with van der Waals surface area (Å²) in [5, 5.41) is 4.29. The Labute approximate surface area is 147 Å². The molecule has 1 aliphatic heterocycles. The van der Waals surface area contributed by atoms with Gasteiger partial charge in [-0.3, -0.25) is 4.79 Å². The Morgan fingerprint density at radius 1 is 1.29 bits per heavy atom. The van der Waals surface area contributed by atoms with Gasteiger partial charge in [-0.2, -0.15) is 4.37 Å². The number of aromatic nitrogens is 2. The molecule has 1 fully saturated rings. The second-order valence-electron chi connectivity index (χ2n) is 7.22. The summed E-state index contributed by atoms with van der Waals surface area (Å²) >= 11 is 1.38. The highest BCUT2D eigenvalue weighted by Crippen LogP contribution is 2.27. The van der Waals surface area contributed by atoms with Crippen LogP contribution < -0.4 is 5.32 Å². The maximum Gasteiger partial charge on any atom is 0.222 e. The van der Waals surface area contributed by atoms with Crippen molar-refractivity contribution in [2.24, 2.45) is 0 Å². The molecule has 1 atom stereocenters. The minimum Gasteiger partial charge on any atom is -0.352 e. The second-order valence-corrected chi connectivity index (χ2v) is 7.98. The summed E-state index contributed by atoms with van der Waals surface area (Å²) in [6.45, 7) is 7.82. The molecule has 6 heteroatoms. The largest absolute Gasteiger partial charge is 0.352 e. The van der Waals surface area contributed by atoms with Gasteiger partial charge in [-0.15, -0.1) is 0 Å². The van der Waals surface area contributed by atoms with Crippen molar-refractivity contribution in [1.82, 2.24) is 14.3 Å². The van der Waals surface area contributed by atoms with E-state index in [9.17, 15) is 4.79 Å². The Morgan fingerprint density at radius 3 is 2.62 bits per heavy atom. The lowest BCUT2D eigenvalue weighted by molar-refractivity contribution is -0.127. The predicted octanol–water partition coefficient (Wildman–Crippen LogP) is 3.61. The fourth-order valence-electron chi connectivity index (χ4n) is 2.77. The van der Waals surface area contributed by atoms with Crippen LogP contribution in [0.1, 0.15) is 51.0 Å². The lowest BCUT2D eigenvalue weighted by Gasteiger charge is -2.25. The molecule has 1 amide bonds. The third-order valence-corrected chi connectivity index (χ3v) is 4.82. The summed E-state index contributed by atoms with van der Waals surface area (Å²) in [6.07, 6.45) is 1.61. The zero-order valence-corrected chi connectivity index (χ0v) is 15.3. The number of hydrogen-bond acceptors (Lipinski definition) is 5. The van der Waals surface area contributed by atoms with Crippen molar-refractivity contribution in [1.29, 1.82) is 0 Å². The Bertz CT molecular complexity index is 693. The van der Waals surface area contributed by atoms with Crippen molar-refractivity contribution < 1.29 is 4.79 Å². The van der Waals surface area contributed by atoms with Crippen LogP contribution in [0.25, 0.3) is 0 Å². The molecule has 5 nitrogen and oxygen atoms in total. The van der Waals surface area contributed by atoms with Crippen LogP contribution in [-0.4, -0.2) is 33.3 Å². The van der Waals surface area contributed by atoms with Gasteiger partial charge in [0.05, 0.1) is 6.04 Å². The molecule has 1 aliphatic rings. The number of carbonyl (C=O) groups is 1. The number of carbonyl (C=O) groups excluding carboxylic acids is 1. The van der Waals surface area contributed by atoms with Crippen molar-refractivity contribution in [3.05, 3.63) is 41.7 Å². The van der Waals surface area contributed by atoms with Crippen LogP contribution in [-0.2, 0) is 10.2 Å². The zero-order chi connectivity index (χ0) is 17.2. The first kappa shape index (κ1) is 16.9. The summed E-state index contributed by atoms with van der Waals surface area (Å²) in [4.78, 5) is 18.6. The van der Waals surface area contributed by atoms with E-state index in [0.29, 0.717) is 13.0 Å². The predicted molar refractivity (Wildman–Crippen MR) is 97.2 cm³/mol. The maximum atomic E-state index is 12.0. The van der Waals surface area contributed by atoms with Crippen molar-refractivity contribution in [3.63, 3.8) is 0 Å². The third kappa shape index (κ3) is 3.93. The summed E-state index contributed by atoms with van der Waals surface area (Å²) in [5.74, 6) is 1.09. The summed E-state index contributed by atoms with van der Waals surface area (Å²) in [7, 11) is 0. The Morgan fingerprint density at radius 2 is 2.04 bits per heavy atom. The fourth-order valence-corrected chi connectivity index (χ4v) is 3.58. The topological polar surface area (TPSA) is 58.1 Å². The van der Waals surface area contributed by atoms with Crippen LogP contribution in [0.5, 0.6) is 0 Å². The molecule has 2 heterocycles. The fraction of sp³-hybridized carbons (Fsp3) is 0.500. The molecule has 1 aromatic heterocycles. The average Bonchev–Trinajstić information content (AvgIpc) is 3.17. The van der Waals surface area contributed by atoms with Crippen molar-refractivity contribution in [3.8, 4) is 0 Å². The van der Waals surface area contributed by atoms with Crippen LogP contribution >= 0.6 is 11.5 Å². The van der Waals surface area contributed by atoms with Gasteiger partial charge in [0.25, 0.3) is 0 Å². The van der Waals surface area contributed by atoms with Gasteiger partial charge in [-0.05, 0) is 12.0 Å². The molecule has 0 aliphatic carbocycles. The quantitative estimate of drug-likeness (QED) is 0.900. The zero-order valence-electron chi connectivity index (χ0n) is 14.5. The van der Waals surface area contributed by atoms with Gasteiger partial charge in [-0.1, -0.05) is 51.1 Å². The molecule has 1 aromatic carbocycles. The van der Waals surface area contributed by atoms with Gasteiger partial charge >= 0.3 is 0 Å². The van der Waals surface area contributed by atoms with Crippen LogP contribution in [0.2, 0.25) is 0 Å². The van der Waals surface area contributed by atoms with E-state index in [2.05, 4.69) is 47.6 Å². The third-order valence-electron chi connectivity index (χ3n) is 4.17. The molecule has 0 radical (unpaired) electrons. The first-order valence-electron chi connectivity index (χ1n) is 8.37. The number of nitrogens with zero attached hydrogens (tertiary/aromatic N) is 3. The summed E-state index contributed by atoms with van der Waals surface area (Å²) in [6, 6.07) is 10.2. The van der Waals surface area contributed by atoms with Gasteiger partial charge in [0.2, 0.25) is 11.0 Å². The molecule has 1 N–H and O–H groups in total. The first-order valence-corrected chi connectivity index (χ1v) is 9.14. The Balaban J connectivity index is 1.79. The average molecular weight is 344 g/mol. The Kier molecular flexibility index (Phi) is 4.85. The molecule has 1 saturated heterocycles. The normalized spacial score (nSPS) is 16.5. The van der Waals surface area contributed by atoms with E-state index in [4.69, 9.17) is 0 Å². The first-order chi connectivity index (χ1) is 11.4. The lowest BCUT2D eigenvalue weighted by atomic mass is 9.96. The molecule has 3 rings (SSSR count). The van der Waals surface area contributed by atoms with E-state index in [1.807, 2.05) is 23.1 Å². The molecule has 0 spiro atoms. The van der Waals surface area contributed by atoms with Crippen LogP contribution in [0.4, 0.5) is 5.13 Å². The number of likely N-dealkylation sites (tertiary alicyclic amines) is 1. The molecule has 1 unspecified atom stereocenters. The molecular weight excluding hydrogens is 320 g/mol. The molecule has 24 heavy (non-hydrogen) atoms. The van der Waals surface area contributed by atoms with Gasteiger partial charge < -0.3 is 10.2 Å². The number of hydrogen-bond donors (Lipinski definition) is 1. The van der Waals surface area contributed by atoms with Gasteiger partial charge in [0.15, 0.2) is 0 Å². The van der Waals surface area contributed by atoms with Crippen molar-refractivity contribution in [2.45, 2.75) is 45.1 Å². The lowest BCUT2D eigenvalue weighted by Crippen LogP contribution is -2.32. The molecule has 0 saturated carbocycles. The van der Waals surface area contributed by atoms with Crippen LogP contribution in [0, 0.1) is 0 Å². The van der Waals surface area contributed by atoms with Crippen molar-refractivity contribution in [2.75, 3.05) is 18.4 Å². The highest BCUT2D eigenvalue weighted by molar-refractivity contribution is 7.09. The van der Waals surface area contributed by atoms with Gasteiger partial charge in [0.1, 0.15) is 5.82 Å². The van der Waals surface area contributed by atoms with E-state index < -0.39 is 0 Å². The monoisotopic (exact) mass is 344 g/mol. The number of anilines is 1. The SMILES string of the molecule is CC(C)(C)c1nsc(NC(CN2CCCC2=O)c2ccccc2)n1. The van der Waals surface area contributed by atoms with Crippen LogP contribution in [0.15, 0.2) is 30.3 Å². The number of amides is 1. The maximum absolute atomic E-state index is 12.0. The highest BCUT2D eigenvalue weighted by Gasteiger charge is 2.26. The van der Waals surface area contributed by atoms with Crippen LogP contribution in [0.3, 0.4) is 0 Å². The molecule has 0 bridgehead atoms. The number of nitrogens with one attached hydrogen (secondary N) is 1. The van der Waals surface area contributed by atoms with Crippen molar-refractivity contribution >= 4 is 22.6 Å². The number of rotatable bonds is 5. The standard InChI is InChI=1S/C18H24N4OS/c1-18(2,3)16-20-17(24-21-16)19-14(13-8-5-4-6-9-13)12-22-11-7-10-15(22)23/h4-6,8-9,14H,7,10-12H2,1-3H3,(H,19,20,21). The second kappa shape index (κ2) is 6.89. The smallest absolute Gasteiger partial charge is 0.222 e. The Hall–Kier alpha value is -1.95. The molecule has 2 aromatic rings. The summed E-state index contributed by atoms with van der Waals surface area (Å²) < 4.78 is 4.47. The highest BCUT2D eigenvalue weighted by atomic mass is 32.1. The van der Waals surface area contributed by atoms with E-state index in [1.165, 1.54) is 11.5 Å². The molecular formula is C18H24N4OS. The number of benzene rings is 1. The van der Waals surface area contributed by atoms with Gasteiger partial charge in [-0.25, -0.2) is 4.98 Å².